The van der Waals surface area contributed by atoms with E-state index < -0.39 is 0 Å². The molecule has 0 bridgehead atoms. The van der Waals surface area contributed by atoms with E-state index in [1.165, 1.54) is 11.1 Å². The number of hydrogen-bond acceptors (Lipinski definition) is 2. The van der Waals surface area contributed by atoms with Crippen molar-refractivity contribution < 1.29 is 4.39 Å². The van der Waals surface area contributed by atoms with Crippen LogP contribution in [0.25, 0.3) is 0 Å². The maximum atomic E-state index is 13.2. The van der Waals surface area contributed by atoms with Crippen LogP contribution >= 0.6 is 0 Å². The average molecular weight is 284 g/mol. The normalized spacial score (nSPS) is 19.6. The quantitative estimate of drug-likeness (QED) is 0.930. The average Bonchev–Trinajstić information content (AvgIpc) is 2.51. The molecule has 1 N–H and O–H groups in total. The molecule has 1 aliphatic rings. The van der Waals surface area contributed by atoms with E-state index in [2.05, 4.69) is 34.5 Å². The van der Waals surface area contributed by atoms with Crippen molar-refractivity contribution in [3.8, 4) is 0 Å². The molecule has 1 fully saturated rings. The summed E-state index contributed by atoms with van der Waals surface area (Å²) in [6, 6.07) is 16.0. The van der Waals surface area contributed by atoms with Crippen molar-refractivity contribution in [3.05, 3.63) is 71.0 Å². The van der Waals surface area contributed by atoms with Crippen LogP contribution in [-0.2, 0) is 6.54 Å². The van der Waals surface area contributed by atoms with Gasteiger partial charge in [-0.2, -0.15) is 0 Å². The first-order valence-corrected chi connectivity index (χ1v) is 7.48. The minimum Gasteiger partial charge on any atom is -0.308 e. The highest BCUT2D eigenvalue weighted by atomic mass is 19.1. The standard InChI is InChI=1S/C18H21FN2/c1-14-11-17(19)8-7-16(14)12-21-10-9-20-18(13-21)15-5-3-2-4-6-15/h2-8,11,18,20H,9-10,12-13H2,1H3. The SMILES string of the molecule is Cc1cc(F)ccc1CN1CCNC(c2ccccc2)C1. The lowest BCUT2D eigenvalue weighted by Gasteiger charge is -2.34. The Hall–Kier alpha value is -1.71. The maximum absolute atomic E-state index is 13.2. The molecular weight excluding hydrogens is 263 g/mol. The zero-order valence-electron chi connectivity index (χ0n) is 12.3. The number of rotatable bonds is 3. The highest BCUT2D eigenvalue weighted by Gasteiger charge is 2.20. The molecule has 2 nitrogen and oxygen atoms in total. The van der Waals surface area contributed by atoms with Gasteiger partial charge in [-0.15, -0.1) is 0 Å². The molecule has 1 aliphatic heterocycles. The molecular formula is C18H21FN2. The predicted octanol–water partition coefficient (Wildman–Crippen LogP) is 3.28. The van der Waals surface area contributed by atoms with Crippen molar-refractivity contribution in [1.82, 2.24) is 10.2 Å². The summed E-state index contributed by atoms with van der Waals surface area (Å²) >= 11 is 0. The first-order valence-electron chi connectivity index (χ1n) is 7.48. The van der Waals surface area contributed by atoms with Gasteiger partial charge in [-0.1, -0.05) is 36.4 Å². The molecule has 0 aromatic heterocycles. The van der Waals surface area contributed by atoms with Crippen molar-refractivity contribution in [3.63, 3.8) is 0 Å². The van der Waals surface area contributed by atoms with Gasteiger partial charge in [-0.25, -0.2) is 4.39 Å². The second kappa shape index (κ2) is 6.37. The van der Waals surface area contributed by atoms with E-state index in [1.807, 2.05) is 19.1 Å². The van der Waals surface area contributed by atoms with Gasteiger partial charge < -0.3 is 5.32 Å². The summed E-state index contributed by atoms with van der Waals surface area (Å²) in [4.78, 5) is 2.44. The molecule has 3 rings (SSSR count). The largest absolute Gasteiger partial charge is 0.308 e. The van der Waals surface area contributed by atoms with Gasteiger partial charge in [-0.05, 0) is 35.7 Å². The third-order valence-corrected chi connectivity index (χ3v) is 4.16. The smallest absolute Gasteiger partial charge is 0.123 e. The van der Waals surface area contributed by atoms with Crippen LogP contribution in [0.15, 0.2) is 48.5 Å². The molecule has 21 heavy (non-hydrogen) atoms. The van der Waals surface area contributed by atoms with Crippen LogP contribution < -0.4 is 5.32 Å². The third kappa shape index (κ3) is 3.49. The van der Waals surface area contributed by atoms with Gasteiger partial charge in [0.2, 0.25) is 0 Å². The van der Waals surface area contributed by atoms with E-state index in [1.54, 1.807) is 12.1 Å². The zero-order valence-corrected chi connectivity index (χ0v) is 12.3. The molecule has 0 radical (unpaired) electrons. The Morgan fingerprint density at radius 3 is 2.76 bits per heavy atom. The molecule has 0 spiro atoms. The molecule has 0 aliphatic carbocycles. The lowest BCUT2D eigenvalue weighted by molar-refractivity contribution is 0.193. The van der Waals surface area contributed by atoms with Crippen LogP contribution in [0.4, 0.5) is 4.39 Å². The minimum atomic E-state index is -0.154. The molecule has 2 aromatic carbocycles. The van der Waals surface area contributed by atoms with Crippen LogP contribution in [0.3, 0.4) is 0 Å². The number of piperazine rings is 1. The number of hydrogen-bond donors (Lipinski definition) is 1. The number of benzene rings is 2. The Bertz CT molecular complexity index is 597. The molecule has 3 heteroatoms. The first-order chi connectivity index (χ1) is 10.2. The summed E-state index contributed by atoms with van der Waals surface area (Å²) in [5.41, 5.74) is 3.58. The molecule has 110 valence electrons. The molecule has 0 saturated carbocycles. The maximum Gasteiger partial charge on any atom is 0.123 e. The van der Waals surface area contributed by atoms with Gasteiger partial charge in [0.15, 0.2) is 0 Å². The Labute approximate surface area is 125 Å². The van der Waals surface area contributed by atoms with Crippen molar-refractivity contribution in [2.45, 2.75) is 19.5 Å². The third-order valence-electron chi connectivity index (χ3n) is 4.16. The minimum absolute atomic E-state index is 0.154. The van der Waals surface area contributed by atoms with Crippen LogP contribution in [0, 0.1) is 12.7 Å². The summed E-state index contributed by atoms with van der Waals surface area (Å²) in [6.45, 7) is 5.87. The fourth-order valence-corrected chi connectivity index (χ4v) is 2.94. The van der Waals surface area contributed by atoms with Crippen molar-refractivity contribution in [1.29, 1.82) is 0 Å². The molecule has 1 heterocycles. The van der Waals surface area contributed by atoms with E-state index >= 15 is 0 Å². The Morgan fingerprint density at radius 1 is 1.19 bits per heavy atom. The Morgan fingerprint density at radius 2 is 2.00 bits per heavy atom. The van der Waals surface area contributed by atoms with Crippen molar-refractivity contribution >= 4 is 0 Å². The van der Waals surface area contributed by atoms with Gasteiger partial charge in [0.05, 0.1) is 0 Å². The van der Waals surface area contributed by atoms with Gasteiger partial charge >= 0.3 is 0 Å². The van der Waals surface area contributed by atoms with Gasteiger partial charge in [0, 0.05) is 32.2 Å². The fourth-order valence-electron chi connectivity index (χ4n) is 2.94. The number of aryl methyl sites for hydroxylation is 1. The molecule has 1 atom stereocenters. The summed E-state index contributed by atoms with van der Waals surface area (Å²) in [6.07, 6.45) is 0. The van der Waals surface area contributed by atoms with E-state index in [9.17, 15) is 4.39 Å². The van der Waals surface area contributed by atoms with Gasteiger partial charge in [0.25, 0.3) is 0 Å². The first kappa shape index (κ1) is 14.2. The zero-order chi connectivity index (χ0) is 14.7. The molecule has 1 unspecified atom stereocenters. The Balaban J connectivity index is 1.69. The number of nitrogens with zero attached hydrogens (tertiary/aromatic N) is 1. The number of halogens is 1. The van der Waals surface area contributed by atoms with Crippen molar-refractivity contribution in [2.75, 3.05) is 19.6 Å². The lowest BCUT2D eigenvalue weighted by atomic mass is 10.0. The van der Waals surface area contributed by atoms with Gasteiger partial charge in [-0.3, -0.25) is 4.90 Å². The van der Waals surface area contributed by atoms with E-state index in [0.29, 0.717) is 6.04 Å². The highest BCUT2D eigenvalue weighted by molar-refractivity contribution is 5.27. The second-order valence-corrected chi connectivity index (χ2v) is 5.72. The van der Waals surface area contributed by atoms with E-state index in [4.69, 9.17) is 0 Å². The highest BCUT2D eigenvalue weighted by Crippen LogP contribution is 2.20. The van der Waals surface area contributed by atoms with Crippen LogP contribution in [0.5, 0.6) is 0 Å². The number of nitrogens with one attached hydrogen (secondary N) is 1. The monoisotopic (exact) mass is 284 g/mol. The lowest BCUT2D eigenvalue weighted by Crippen LogP contribution is -2.45. The topological polar surface area (TPSA) is 15.3 Å². The Kier molecular flexibility index (Phi) is 4.32. The van der Waals surface area contributed by atoms with Crippen LogP contribution in [0.2, 0.25) is 0 Å². The molecule has 0 amide bonds. The van der Waals surface area contributed by atoms with E-state index in [0.717, 1.165) is 31.7 Å². The van der Waals surface area contributed by atoms with Crippen molar-refractivity contribution in [2.24, 2.45) is 0 Å². The molecule has 2 aromatic rings. The fraction of sp³-hybridized carbons (Fsp3) is 0.333. The summed E-state index contributed by atoms with van der Waals surface area (Å²) in [5.74, 6) is -0.154. The summed E-state index contributed by atoms with van der Waals surface area (Å²) in [7, 11) is 0. The second-order valence-electron chi connectivity index (χ2n) is 5.72. The summed E-state index contributed by atoms with van der Waals surface area (Å²) < 4.78 is 13.2. The summed E-state index contributed by atoms with van der Waals surface area (Å²) in [5, 5.41) is 3.57. The van der Waals surface area contributed by atoms with Crippen LogP contribution in [-0.4, -0.2) is 24.5 Å². The molecule has 1 saturated heterocycles. The van der Waals surface area contributed by atoms with E-state index in [-0.39, 0.29) is 5.82 Å². The predicted molar refractivity (Wildman–Crippen MR) is 83.6 cm³/mol. The van der Waals surface area contributed by atoms with Crippen LogP contribution in [0.1, 0.15) is 22.7 Å². The van der Waals surface area contributed by atoms with Gasteiger partial charge in [0.1, 0.15) is 5.82 Å².